The molecule has 2 rings (SSSR count). The maximum Gasteiger partial charge on any atom is 0.305 e. The zero-order valence-electron chi connectivity index (χ0n) is 39.9. The minimum absolute atomic E-state index is 0.00358. The summed E-state index contributed by atoms with van der Waals surface area (Å²) < 4.78 is 17.2. The van der Waals surface area contributed by atoms with Gasteiger partial charge in [0.25, 0.3) is 8.32 Å². The van der Waals surface area contributed by atoms with Crippen LogP contribution in [0.15, 0.2) is 85.0 Å². The third kappa shape index (κ3) is 25.1. The molecule has 2 aromatic rings. The van der Waals surface area contributed by atoms with Gasteiger partial charge in [-0.05, 0) is 92.5 Å². The quantitative estimate of drug-likeness (QED) is 0.0291. The van der Waals surface area contributed by atoms with E-state index < -0.39 is 8.32 Å². The van der Waals surface area contributed by atoms with Gasteiger partial charge in [0.05, 0.1) is 14.2 Å². The molecular formula is C55H90O5Si. The molecule has 0 heterocycles. The molecule has 0 unspecified atom stereocenters. The van der Waals surface area contributed by atoms with Gasteiger partial charge in [-0.1, -0.05) is 208 Å². The Labute approximate surface area is 376 Å². The molecule has 0 aliphatic heterocycles. The topological polar surface area (TPSA) is 61.8 Å². The number of methoxy groups -OCH3 is 2. The third-order valence-electron chi connectivity index (χ3n) is 12.3. The standard InChI is InChI=1S/C55H90O5Si/c1-55(2,3)61(51-44-36-32-37-45-51,52-46-38-33-39-47-52)60-50(42-34-28-24-20-16-12-8-6-10-14-18-22-26-30-40-48-53(56)58-4)43-35-29-25-21-17-13-9-7-11-15-19-23-27-31-41-49-54(57)59-5/h6-7,10-11,32-33,36-39,44-47,50H,8-9,12-31,34-35,40-43,48-49H2,1-5H3/b10-6-,11-7-. The number of hydrogen-bond donors (Lipinski definition) is 0. The number of benzene rings is 2. The molecule has 0 saturated heterocycles. The van der Waals surface area contributed by atoms with E-state index in [2.05, 4.69) is 106 Å². The van der Waals surface area contributed by atoms with Gasteiger partial charge in [0.1, 0.15) is 0 Å². The van der Waals surface area contributed by atoms with Crippen molar-refractivity contribution in [2.24, 2.45) is 0 Å². The van der Waals surface area contributed by atoms with E-state index in [1.54, 1.807) is 0 Å². The number of hydrogen-bond acceptors (Lipinski definition) is 5. The first-order chi connectivity index (χ1) is 29.7. The molecule has 0 atom stereocenters. The molecular weight excluding hydrogens is 769 g/mol. The zero-order valence-corrected chi connectivity index (χ0v) is 40.9. The van der Waals surface area contributed by atoms with Crippen molar-refractivity contribution < 1.29 is 23.5 Å². The molecule has 0 N–H and O–H groups in total. The average molecular weight is 859 g/mol. The van der Waals surface area contributed by atoms with E-state index in [-0.39, 0.29) is 23.1 Å². The second kappa shape index (κ2) is 35.5. The van der Waals surface area contributed by atoms with Gasteiger partial charge in [-0.3, -0.25) is 9.59 Å². The summed E-state index contributed by atoms with van der Waals surface area (Å²) in [5.41, 5.74) is 0. The van der Waals surface area contributed by atoms with E-state index in [1.165, 1.54) is 166 Å². The lowest BCUT2D eigenvalue weighted by molar-refractivity contribution is -0.141. The lowest BCUT2D eigenvalue weighted by Crippen LogP contribution is -2.67. The van der Waals surface area contributed by atoms with E-state index >= 15 is 0 Å². The van der Waals surface area contributed by atoms with Crippen LogP contribution in [0, 0.1) is 0 Å². The summed E-state index contributed by atoms with van der Waals surface area (Å²) in [6.45, 7) is 7.24. The predicted molar refractivity (Wildman–Crippen MR) is 263 cm³/mol. The summed E-state index contributed by atoms with van der Waals surface area (Å²) in [5.74, 6) is -0.171. The SMILES string of the molecule is COC(=O)CCCCCCC/C=C\CCCCCCCCC(CCCCCCCC/C=C\CCCCCCCC(=O)OC)O[Si](c1ccccc1)(c1ccccc1)C(C)(C)C. The van der Waals surface area contributed by atoms with Crippen LogP contribution in [0.1, 0.15) is 213 Å². The van der Waals surface area contributed by atoms with Crippen molar-refractivity contribution in [3.8, 4) is 0 Å². The van der Waals surface area contributed by atoms with E-state index in [0.29, 0.717) is 12.8 Å². The monoisotopic (exact) mass is 859 g/mol. The van der Waals surface area contributed by atoms with Crippen LogP contribution in [0.2, 0.25) is 5.04 Å². The lowest BCUT2D eigenvalue weighted by Gasteiger charge is -2.45. The summed E-state index contributed by atoms with van der Waals surface area (Å²) in [6.07, 6.45) is 45.2. The Bertz CT molecular complexity index is 1300. The van der Waals surface area contributed by atoms with Crippen molar-refractivity contribution in [2.45, 2.75) is 225 Å². The molecule has 0 bridgehead atoms. The number of carbonyl (C=O) groups excluding carboxylic acids is 2. The smallest absolute Gasteiger partial charge is 0.305 e. The summed E-state index contributed by atoms with van der Waals surface area (Å²) in [6, 6.07) is 22.4. The minimum Gasteiger partial charge on any atom is -0.469 e. The lowest BCUT2D eigenvalue weighted by atomic mass is 10.0. The van der Waals surface area contributed by atoms with Crippen molar-refractivity contribution >= 4 is 30.6 Å². The number of ether oxygens (including phenoxy) is 2. The van der Waals surface area contributed by atoms with Crippen LogP contribution in [-0.2, 0) is 23.5 Å². The molecule has 0 radical (unpaired) electrons. The van der Waals surface area contributed by atoms with Crippen LogP contribution in [-0.4, -0.2) is 40.6 Å². The first-order valence-corrected chi connectivity index (χ1v) is 26.9. The largest absolute Gasteiger partial charge is 0.469 e. The highest BCUT2D eigenvalue weighted by molar-refractivity contribution is 6.99. The first kappa shape index (κ1) is 54.2. The summed E-state index contributed by atoms with van der Waals surface area (Å²) in [4.78, 5) is 22.4. The maximum atomic E-state index is 11.2. The fourth-order valence-electron chi connectivity index (χ4n) is 8.69. The van der Waals surface area contributed by atoms with Crippen LogP contribution in [0.5, 0.6) is 0 Å². The number of unbranched alkanes of at least 4 members (excludes halogenated alkanes) is 22. The molecule has 0 amide bonds. The van der Waals surface area contributed by atoms with Crippen molar-refractivity contribution in [1.29, 1.82) is 0 Å². The number of allylic oxidation sites excluding steroid dienone is 4. The van der Waals surface area contributed by atoms with Crippen molar-refractivity contribution in [3.63, 3.8) is 0 Å². The predicted octanol–water partition coefficient (Wildman–Crippen LogP) is 15.1. The fourth-order valence-corrected chi connectivity index (χ4v) is 13.4. The third-order valence-corrected chi connectivity index (χ3v) is 17.4. The first-order valence-electron chi connectivity index (χ1n) is 25.0. The molecule has 5 nitrogen and oxygen atoms in total. The normalized spacial score (nSPS) is 12.2. The minimum atomic E-state index is -2.59. The van der Waals surface area contributed by atoms with Crippen molar-refractivity contribution in [2.75, 3.05) is 14.2 Å². The average Bonchev–Trinajstić information content (AvgIpc) is 3.27. The van der Waals surface area contributed by atoms with Crippen molar-refractivity contribution in [3.05, 3.63) is 85.0 Å². The van der Waals surface area contributed by atoms with E-state index in [9.17, 15) is 9.59 Å². The van der Waals surface area contributed by atoms with Crippen LogP contribution < -0.4 is 10.4 Å². The molecule has 6 heteroatoms. The maximum absolute atomic E-state index is 11.2. The second-order valence-corrected chi connectivity index (χ2v) is 22.8. The van der Waals surface area contributed by atoms with Crippen LogP contribution in [0.3, 0.4) is 0 Å². The molecule has 0 fully saturated rings. The van der Waals surface area contributed by atoms with Gasteiger partial charge >= 0.3 is 11.9 Å². The zero-order chi connectivity index (χ0) is 44.1. The van der Waals surface area contributed by atoms with E-state index in [1.807, 2.05) is 0 Å². The van der Waals surface area contributed by atoms with E-state index in [0.717, 1.165) is 38.5 Å². The molecule has 61 heavy (non-hydrogen) atoms. The molecule has 344 valence electrons. The van der Waals surface area contributed by atoms with Gasteiger partial charge < -0.3 is 13.9 Å². The molecule has 2 aromatic carbocycles. The highest BCUT2D eigenvalue weighted by Gasteiger charge is 2.51. The van der Waals surface area contributed by atoms with Gasteiger partial charge in [0, 0.05) is 18.9 Å². The summed E-state index contributed by atoms with van der Waals surface area (Å²) in [5, 5.41) is 2.78. The highest BCUT2D eigenvalue weighted by Crippen LogP contribution is 2.38. The Morgan fingerprint density at radius 1 is 0.459 bits per heavy atom. The Morgan fingerprint density at radius 2 is 0.754 bits per heavy atom. The van der Waals surface area contributed by atoms with Gasteiger partial charge in [0.2, 0.25) is 0 Å². The highest BCUT2D eigenvalue weighted by atomic mass is 28.4. The molecule has 0 aromatic heterocycles. The molecule has 0 aliphatic rings. The Hall–Kier alpha value is -2.96. The van der Waals surface area contributed by atoms with E-state index in [4.69, 9.17) is 13.9 Å². The number of carbonyl (C=O) groups is 2. The van der Waals surface area contributed by atoms with Gasteiger partial charge in [0.15, 0.2) is 0 Å². The van der Waals surface area contributed by atoms with Crippen LogP contribution >= 0.6 is 0 Å². The van der Waals surface area contributed by atoms with Gasteiger partial charge in [-0.25, -0.2) is 0 Å². The molecule has 0 saturated carbocycles. The number of rotatable bonds is 38. The Balaban J connectivity index is 1.77. The molecule has 0 aliphatic carbocycles. The van der Waals surface area contributed by atoms with Crippen LogP contribution in [0.4, 0.5) is 0 Å². The fraction of sp³-hybridized carbons (Fsp3) is 0.673. The number of esters is 2. The second-order valence-electron chi connectivity index (χ2n) is 18.5. The summed E-state index contributed by atoms with van der Waals surface area (Å²) >= 11 is 0. The molecule has 0 spiro atoms. The Kier molecular flexibility index (Phi) is 31.5. The van der Waals surface area contributed by atoms with Crippen molar-refractivity contribution in [1.82, 2.24) is 0 Å². The van der Waals surface area contributed by atoms with Gasteiger partial charge in [-0.15, -0.1) is 0 Å². The summed E-state index contributed by atoms with van der Waals surface area (Å²) in [7, 11) is 0.349. The van der Waals surface area contributed by atoms with Crippen LogP contribution in [0.25, 0.3) is 0 Å². The Morgan fingerprint density at radius 3 is 1.07 bits per heavy atom. The van der Waals surface area contributed by atoms with Gasteiger partial charge in [-0.2, -0.15) is 0 Å².